The van der Waals surface area contributed by atoms with Gasteiger partial charge >= 0.3 is 18.5 Å². The second kappa shape index (κ2) is 12.6. The van der Waals surface area contributed by atoms with Crippen molar-refractivity contribution in [2.75, 3.05) is 11.5 Å². The third-order valence-electron chi connectivity index (χ3n) is 5.36. The summed E-state index contributed by atoms with van der Waals surface area (Å²) in [5, 5.41) is -0.708. The highest BCUT2D eigenvalue weighted by Crippen LogP contribution is 2.41. The fourth-order valence-corrected chi connectivity index (χ4v) is 5.82. The van der Waals surface area contributed by atoms with Gasteiger partial charge in [-0.05, 0) is 34.7 Å². The molecule has 0 fully saturated rings. The van der Waals surface area contributed by atoms with Crippen LogP contribution in [0, 0.1) is 5.41 Å². The predicted molar refractivity (Wildman–Crippen MR) is 137 cm³/mol. The monoisotopic (exact) mass is 660 g/mol. The van der Waals surface area contributed by atoms with E-state index in [-0.39, 0.29) is 20.6 Å². The maximum Gasteiger partial charge on any atom is 0.417 e. The molecule has 0 amide bonds. The van der Waals surface area contributed by atoms with E-state index in [4.69, 9.17) is 34.8 Å². The van der Waals surface area contributed by atoms with Crippen molar-refractivity contribution in [3.63, 3.8) is 0 Å². The second-order valence-corrected chi connectivity index (χ2v) is 12.2. The molecule has 40 heavy (non-hydrogen) atoms. The minimum Gasteiger partial charge on any atom is -0.294 e. The van der Waals surface area contributed by atoms with Gasteiger partial charge in [-0.1, -0.05) is 72.9 Å². The average molecular weight is 662 g/mol. The van der Waals surface area contributed by atoms with Crippen LogP contribution in [-0.4, -0.2) is 33.9 Å². The molecule has 0 radical (unpaired) electrons. The van der Waals surface area contributed by atoms with Crippen LogP contribution in [0.5, 0.6) is 0 Å². The van der Waals surface area contributed by atoms with Crippen LogP contribution in [0.4, 0.5) is 39.5 Å². The topological polar surface area (TPSA) is 34.1 Å². The number of benzene rings is 2. The van der Waals surface area contributed by atoms with Crippen LogP contribution in [0.3, 0.4) is 0 Å². The average Bonchev–Trinajstić information content (AvgIpc) is 2.73. The normalized spacial score (nSPS) is 14.9. The highest BCUT2D eigenvalue weighted by Gasteiger charge is 2.40. The largest absolute Gasteiger partial charge is 0.417 e. The van der Waals surface area contributed by atoms with Crippen molar-refractivity contribution in [3.05, 3.63) is 73.7 Å². The Bertz CT molecular complexity index is 1280. The van der Waals surface area contributed by atoms with Gasteiger partial charge in [0.1, 0.15) is 5.75 Å². The van der Waals surface area contributed by atoms with Crippen LogP contribution in [-0.2, 0) is 17.0 Å². The number of carbonyl (C=O) groups excluding carboxylic acids is 1. The molecule has 2 aromatic rings. The number of rotatable bonds is 9. The Labute approximate surface area is 240 Å². The van der Waals surface area contributed by atoms with Crippen molar-refractivity contribution in [1.82, 2.24) is 0 Å². The van der Waals surface area contributed by atoms with E-state index in [0.29, 0.717) is 12.1 Å². The number of allylic oxidation sites excluding steroid dienone is 1. The molecule has 15 heteroatoms. The zero-order valence-corrected chi connectivity index (χ0v) is 23.6. The molecule has 2 unspecified atom stereocenters. The number of hydrogen-bond donors (Lipinski definition) is 0. The van der Waals surface area contributed by atoms with Gasteiger partial charge in [-0.25, -0.2) is 0 Å². The van der Waals surface area contributed by atoms with Gasteiger partial charge < -0.3 is 0 Å². The molecule has 0 aliphatic heterocycles. The third kappa shape index (κ3) is 9.95. The summed E-state index contributed by atoms with van der Waals surface area (Å²) in [7, 11) is -2.42. The van der Waals surface area contributed by atoms with E-state index in [1.807, 2.05) is 0 Å². The molecule has 0 bridgehead atoms. The highest BCUT2D eigenvalue weighted by atomic mass is 35.5. The summed E-state index contributed by atoms with van der Waals surface area (Å²) in [5.74, 6) is -5.64. The van der Waals surface area contributed by atoms with Gasteiger partial charge in [0, 0.05) is 28.5 Å². The first-order valence-corrected chi connectivity index (χ1v) is 13.7. The molecule has 222 valence electrons. The lowest BCUT2D eigenvalue weighted by molar-refractivity contribution is -0.139. The van der Waals surface area contributed by atoms with E-state index in [1.165, 1.54) is 13.8 Å². The van der Waals surface area contributed by atoms with Crippen molar-refractivity contribution < 1.29 is 48.5 Å². The Hall–Kier alpha value is -1.76. The Morgan fingerprint density at radius 3 is 1.93 bits per heavy atom. The third-order valence-corrected chi connectivity index (χ3v) is 8.31. The SMILES string of the molecule is CC(C)(CC(=O)c1ccc(/C=C/C(c2cc(Cl)c(Cl)c(Cl)c2)C(F)(F)F)cc1C(F)(F)F)CS(=O)CC(F)(F)F. The van der Waals surface area contributed by atoms with Crippen LogP contribution in [0.2, 0.25) is 15.1 Å². The van der Waals surface area contributed by atoms with Gasteiger partial charge in [0.15, 0.2) is 5.78 Å². The van der Waals surface area contributed by atoms with Crippen molar-refractivity contribution >= 4 is 57.5 Å². The smallest absolute Gasteiger partial charge is 0.294 e. The molecule has 0 N–H and O–H groups in total. The molecule has 0 aliphatic carbocycles. The Morgan fingerprint density at radius 1 is 0.900 bits per heavy atom. The van der Waals surface area contributed by atoms with Gasteiger partial charge in [-0.2, -0.15) is 39.5 Å². The van der Waals surface area contributed by atoms with Crippen molar-refractivity contribution in [1.29, 1.82) is 0 Å². The molecule has 2 aromatic carbocycles. The number of ketones is 1. The summed E-state index contributed by atoms with van der Waals surface area (Å²) in [6.07, 6.45) is -14.0. The van der Waals surface area contributed by atoms with Crippen molar-refractivity contribution in [2.45, 2.75) is 44.7 Å². The first-order valence-electron chi connectivity index (χ1n) is 11.1. The van der Waals surface area contributed by atoms with Crippen molar-refractivity contribution in [2.24, 2.45) is 5.41 Å². The molecular weight excluding hydrogens is 642 g/mol. The number of Topliss-reactive ketones (excluding diaryl/α,β-unsaturated/α-hetero) is 1. The molecule has 0 heterocycles. The molecule has 2 atom stereocenters. The van der Waals surface area contributed by atoms with Gasteiger partial charge in [-0.3, -0.25) is 9.00 Å². The lowest BCUT2D eigenvalue weighted by atomic mass is 9.86. The van der Waals surface area contributed by atoms with Crippen LogP contribution in [0.1, 0.15) is 53.2 Å². The van der Waals surface area contributed by atoms with E-state index < -0.39 is 81.1 Å². The summed E-state index contributed by atoms with van der Waals surface area (Å²) >= 11 is 17.4. The van der Waals surface area contributed by atoms with Gasteiger partial charge in [-0.15, -0.1) is 0 Å². The van der Waals surface area contributed by atoms with Crippen molar-refractivity contribution in [3.8, 4) is 0 Å². The summed E-state index contributed by atoms with van der Waals surface area (Å²) in [6, 6.07) is 4.08. The summed E-state index contributed by atoms with van der Waals surface area (Å²) < 4.78 is 132. The Kier molecular flexibility index (Phi) is 10.9. The van der Waals surface area contributed by atoms with E-state index in [9.17, 15) is 48.5 Å². The fraction of sp³-hybridized carbons (Fsp3) is 0.400. The molecule has 0 saturated carbocycles. The minimum absolute atomic E-state index is 0.179. The molecule has 2 nitrogen and oxygen atoms in total. The van der Waals surface area contributed by atoms with Crippen LogP contribution in [0.25, 0.3) is 6.08 Å². The quantitative estimate of drug-likeness (QED) is 0.152. The zero-order valence-electron chi connectivity index (χ0n) is 20.5. The van der Waals surface area contributed by atoms with E-state index >= 15 is 0 Å². The molecule has 0 aliphatic rings. The lowest BCUT2D eigenvalue weighted by Crippen LogP contribution is -2.29. The summed E-state index contributed by atoms with van der Waals surface area (Å²) in [5.41, 5.74) is -4.38. The first-order chi connectivity index (χ1) is 18.0. The van der Waals surface area contributed by atoms with E-state index in [2.05, 4.69) is 0 Å². The predicted octanol–water partition coefficient (Wildman–Crippen LogP) is 9.93. The molecule has 0 saturated heterocycles. The number of carbonyl (C=O) groups is 1. The molecule has 0 spiro atoms. The first kappa shape index (κ1) is 34.4. The standard InChI is InChI=1S/C25H20Cl3F9O2S/c1-22(2,11-40(39)12-23(29,30)31)10-20(38)15-5-3-13(7-17(15)25(35,36)37)4-6-16(24(32,33)34)14-8-18(26)21(28)19(27)9-14/h3-9,16H,10-12H2,1-2H3/b6-4+. The molecular formula is C25H20Cl3F9O2S. The highest BCUT2D eigenvalue weighted by molar-refractivity contribution is 7.85. The van der Waals surface area contributed by atoms with E-state index in [0.717, 1.165) is 30.3 Å². The number of halogens is 12. The molecule has 0 aromatic heterocycles. The second-order valence-electron chi connectivity index (χ2n) is 9.59. The molecule has 2 rings (SSSR count). The Morgan fingerprint density at radius 2 is 1.45 bits per heavy atom. The Balaban J connectivity index is 2.41. The zero-order chi connectivity index (χ0) is 30.8. The van der Waals surface area contributed by atoms with E-state index in [1.54, 1.807) is 0 Å². The van der Waals surface area contributed by atoms with Crippen LogP contribution >= 0.6 is 34.8 Å². The van der Waals surface area contributed by atoms with Crippen LogP contribution in [0.15, 0.2) is 36.4 Å². The van der Waals surface area contributed by atoms with Crippen LogP contribution < -0.4 is 0 Å². The lowest BCUT2D eigenvalue weighted by Gasteiger charge is -2.24. The number of hydrogen-bond acceptors (Lipinski definition) is 2. The minimum atomic E-state index is -5.10. The maximum absolute atomic E-state index is 13.8. The van der Waals surface area contributed by atoms with Gasteiger partial charge in [0.25, 0.3) is 0 Å². The maximum atomic E-state index is 13.8. The number of alkyl halides is 9. The summed E-state index contributed by atoms with van der Waals surface area (Å²) in [6.45, 7) is 2.58. The fourth-order valence-electron chi connectivity index (χ4n) is 3.76. The van der Waals surface area contributed by atoms with Gasteiger partial charge in [0.2, 0.25) is 0 Å². The van der Waals surface area contributed by atoms with Gasteiger partial charge in [0.05, 0.1) is 26.5 Å². The summed E-state index contributed by atoms with van der Waals surface area (Å²) in [4.78, 5) is 12.8.